The Morgan fingerprint density at radius 1 is 1.32 bits per heavy atom. The molecule has 124 valence electrons. The molecule has 1 N–H and O–H groups in total. The van der Waals surface area contributed by atoms with Crippen LogP contribution in [0.25, 0.3) is 0 Å². The Morgan fingerprint density at radius 3 is 2.68 bits per heavy atom. The molecule has 2 rings (SSSR count). The predicted molar refractivity (Wildman–Crippen MR) is 87.2 cm³/mol. The minimum absolute atomic E-state index is 0.0489. The van der Waals surface area contributed by atoms with Crippen LogP contribution in [-0.2, 0) is 16.4 Å². The van der Waals surface area contributed by atoms with E-state index in [-0.39, 0.29) is 17.5 Å². The van der Waals surface area contributed by atoms with E-state index in [1.165, 1.54) is 0 Å². The van der Waals surface area contributed by atoms with E-state index in [1.807, 2.05) is 18.2 Å². The van der Waals surface area contributed by atoms with Gasteiger partial charge >= 0.3 is 0 Å². The van der Waals surface area contributed by atoms with Crippen LogP contribution in [0.3, 0.4) is 0 Å². The zero-order valence-electron chi connectivity index (χ0n) is 13.5. The molecule has 6 heteroatoms. The lowest BCUT2D eigenvalue weighted by Crippen LogP contribution is -2.29. The highest BCUT2D eigenvalue weighted by molar-refractivity contribution is 7.91. The maximum atomic E-state index is 11.4. The highest BCUT2D eigenvalue weighted by Crippen LogP contribution is 2.28. The third-order valence-corrected chi connectivity index (χ3v) is 5.40. The summed E-state index contributed by atoms with van der Waals surface area (Å²) in [7, 11) is -1.22. The molecule has 1 aromatic rings. The number of rotatable bonds is 7. The molecule has 1 aliphatic heterocycles. The van der Waals surface area contributed by atoms with Gasteiger partial charge in [-0.1, -0.05) is 19.9 Å². The maximum Gasteiger partial charge on any atom is 0.161 e. The number of nitrogens with one attached hydrogen (secondary N) is 1. The topological polar surface area (TPSA) is 64.6 Å². The van der Waals surface area contributed by atoms with Crippen LogP contribution in [-0.4, -0.2) is 39.7 Å². The molecule has 1 atom stereocenters. The smallest absolute Gasteiger partial charge is 0.161 e. The van der Waals surface area contributed by atoms with Gasteiger partial charge in [0.05, 0.1) is 25.2 Å². The standard InChI is InChI=1S/C16H25NO4S/c1-12(2)10-21-15-5-4-13(8-16(15)20-3)9-17-14-6-7-22(18,19)11-14/h4-5,8,12,14,17H,6-7,9-11H2,1-3H3/t14-/m0/s1. The van der Waals surface area contributed by atoms with Crippen molar-refractivity contribution in [2.24, 2.45) is 5.92 Å². The minimum Gasteiger partial charge on any atom is -0.493 e. The summed E-state index contributed by atoms with van der Waals surface area (Å²) in [6, 6.07) is 5.87. The van der Waals surface area contributed by atoms with Crippen molar-refractivity contribution in [2.75, 3.05) is 25.2 Å². The van der Waals surface area contributed by atoms with Crippen LogP contribution in [0.15, 0.2) is 18.2 Å². The van der Waals surface area contributed by atoms with Crippen molar-refractivity contribution in [3.05, 3.63) is 23.8 Å². The Morgan fingerprint density at radius 2 is 2.09 bits per heavy atom. The van der Waals surface area contributed by atoms with Gasteiger partial charge in [-0.15, -0.1) is 0 Å². The summed E-state index contributed by atoms with van der Waals surface area (Å²) < 4.78 is 34.0. The average molecular weight is 327 g/mol. The third kappa shape index (κ3) is 4.88. The molecule has 1 saturated heterocycles. The Hall–Kier alpha value is -1.27. The van der Waals surface area contributed by atoms with Gasteiger partial charge in [0.2, 0.25) is 0 Å². The third-order valence-electron chi connectivity index (χ3n) is 3.63. The van der Waals surface area contributed by atoms with E-state index in [4.69, 9.17) is 9.47 Å². The molecule has 0 bridgehead atoms. The summed E-state index contributed by atoms with van der Waals surface area (Å²) in [5.74, 6) is 2.42. The van der Waals surface area contributed by atoms with Gasteiger partial charge in [0.25, 0.3) is 0 Å². The molecule has 5 nitrogen and oxygen atoms in total. The Balaban J connectivity index is 1.94. The summed E-state index contributed by atoms with van der Waals surface area (Å²) >= 11 is 0. The van der Waals surface area contributed by atoms with E-state index in [0.29, 0.717) is 31.2 Å². The Kier molecular flexibility index (Phi) is 5.69. The van der Waals surface area contributed by atoms with Gasteiger partial charge in [0, 0.05) is 12.6 Å². The predicted octanol–water partition coefficient (Wildman–Crippen LogP) is 2.01. The zero-order chi connectivity index (χ0) is 16.2. The SMILES string of the molecule is COc1cc(CN[C@H]2CCS(=O)(=O)C2)ccc1OCC(C)C. The van der Waals surface area contributed by atoms with Gasteiger partial charge < -0.3 is 14.8 Å². The lowest BCUT2D eigenvalue weighted by molar-refractivity contribution is 0.256. The second kappa shape index (κ2) is 7.33. The van der Waals surface area contributed by atoms with Gasteiger partial charge in [-0.25, -0.2) is 8.42 Å². The first-order valence-electron chi connectivity index (χ1n) is 7.63. The van der Waals surface area contributed by atoms with E-state index < -0.39 is 9.84 Å². The van der Waals surface area contributed by atoms with Crippen molar-refractivity contribution in [1.82, 2.24) is 5.32 Å². The highest BCUT2D eigenvalue weighted by Gasteiger charge is 2.27. The zero-order valence-corrected chi connectivity index (χ0v) is 14.3. The quantitative estimate of drug-likeness (QED) is 0.830. The molecule has 22 heavy (non-hydrogen) atoms. The van der Waals surface area contributed by atoms with Crippen molar-refractivity contribution in [2.45, 2.75) is 32.9 Å². The molecule has 1 fully saturated rings. The Labute approximate surface area is 132 Å². The van der Waals surface area contributed by atoms with Crippen LogP contribution >= 0.6 is 0 Å². The molecular formula is C16H25NO4S. The van der Waals surface area contributed by atoms with Crippen LogP contribution in [0.2, 0.25) is 0 Å². The molecule has 0 amide bonds. The maximum absolute atomic E-state index is 11.4. The molecule has 1 heterocycles. The summed E-state index contributed by atoms with van der Waals surface area (Å²) in [4.78, 5) is 0. The fourth-order valence-electron chi connectivity index (χ4n) is 2.42. The number of methoxy groups -OCH3 is 1. The van der Waals surface area contributed by atoms with Crippen LogP contribution < -0.4 is 14.8 Å². The summed E-state index contributed by atoms with van der Waals surface area (Å²) in [5.41, 5.74) is 1.05. The van der Waals surface area contributed by atoms with Crippen molar-refractivity contribution in [3.8, 4) is 11.5 Å². The average Bonchev–Trinajstić information content (AvgIpc) is 2.82. The van der Waals surface area contributed by atoms with E-state index >= 15 is 0 Å². The molecule has 1 aromatic carbocycles. The molecule has 0 unspecified atom stereocenters. The second-order valence-corrected chi connectivity index (χ2v) is 8.40. The normalized spacial score (nSPS) is 20.3. The molecular weight excluding hydrogens is 302 g/mol. The van der Waals surface area contributed by atoms with Crippen LogP contribution in [0, 0.1) is 5.92 Å². The van der Waals surface area contributed by atoms with Gasteiger partial charge in [0.15, 0.2) is 21.3 Å². The lowest BCUT2D eigenvalue weighted by atomic mass is 10.1. The van der Waals surface area contributed by atoms with Crippen molar-refractivity contribution < 1.29 is 17.9 Å². The number of benzene rings is 1. The Bertz CT molecular complexity index is 598. The number of sulfone groups is 1. The van der Waals surface area contributed by atoms with E-state index in [2.05, 4.69) is 19.2 Å². The molecule has 0 saturated carbocycles. The van der Waals surface area contributed by atoms with Crippen LogP contribution in [0.4, 0.5) is 0 Å². The monoisotopic (exact) mass is 327 g/mol. The van der Waals surface area contributed by atoms with Crippen molar-refractivity contribution >= 4 is 9.84 Å². The first kappa shape index (κ1) is 17.1. The summed E-state index contributed by atoms with van der Waals surface area (Å²) in [5, 5.41) is 3.30. The molecule has 1 aliphatic rings. The summed E-state index contributed by atoms with van der Waals surface area (Å²) in [6.45, 7) is 5.47. The highest BCUT2D eigenvalue weighted by atomic mass is 32.2. The molecule has 0 aliphatic carbocycles. The van der Waals surface area contributed by atoms with Crippen LogP contribution in [0.5, 0.6) is 11.5 Å². The van der Waals surface area contributed by atoms with Crippen molar-refractivity contribution in [3.63, 3.8) is 0 Å². The van der Waals surface area contributed by atoms with Crippen LogP contribution in [0.1, 0.15) is 25.8 Å². The van der Waals surface area contributed by atoms with E-state index in [0.717, 1.165) is 11.3 Å². The van der Waals surface area contributed by atoms with E-state index in [1.54, 1.807) is 7.11 Å². The lowest BCUT2D eigenvalue weighted by Gasteiger charge is -2.15. The van der Waals surface area contributed by atoms with Crippen molar-refractivity contribution in [1.29, 1.82) is 0 Å². The van der Waals surface area contributed by atoms with Gasteiger partial charge in [-0.2, -0.15) is 0 Å². The van der Waals surface area contributed by atoms with E-state index in [9.17, 15) is 8.42 Å². The fourth-order valence-corrected chi connectivity index (χ4v) is 4.12. The number of hydrogen-bond donors (Lipinski definition) is 1. The van der Waals surface area contributed by atoms with Gasteiger partial charge in [0.1, 0.15) is 0 Å². The van der Waals surface area contributed by atoms with Gasteiger partial charge in [-0.3, -0.25) is 0 Å². The summed E-state index contributed by atoms with van der Waals surface area (Å²) in [6.07, 6.45) is 0.690. The minimum atomic E-state index is -2.84. The van der Waals surface area contributed by atoms with Gasteiger partial charge in [-0.05, 0) is 30.0 Å². The molecule has 0 radical (unpaired) electrons. The largest absolute Gasteiger partial charge is 0.493 e. The fraction of sp³-hybridized carbons (Fsp3) is 0.625. The first-order valence-corrected chi connectivity index (χ1v) is 9.45. The second-order valence-electron chi connectivity index (χ2n) is 6.17. The number of hydrogen-bond acceptors (Lipinski definition) is 5. The first-order chi connectivity index (χ1) is 10.4. The molecule has 0 spiro atoms. The molecule has 0 aromatic heterocycles. The number of ether oxygens (including phenoxy) is 2.